The molecule has 0 spiro atoms. The Morgan fingerprint density at radius 3 is 2.62 bits per heavy atom. The van der Waals surface area contributed by atoms with Crippen molar-refractivity contribution in [2.24, 2.45) is 0 Å². The Balaban J connectivity index is 1.85. The van der Waals surface area contributed by atoms with E-state index in [-0.39, 0.29) is 11.2 Å². The minimum Gasteiger partial charge on any atom is -0.505 e. The van der Waals surface area contributed by atoms with E-state index in [1.165, 1.54) is 11.2 Å². The molecule has 0 radical (unpaired) electrons. The van der Waals surface area contributed by atoms with Crippen LogP contribution in [0.4, 0.5) is 0 Å². The molecule has 0 atom stereocenters. The minimum absolute atomic E-state index is 0.0866. The number of phenols is 1. The average Bonchev–Trinajstić information content (AvgIpc) is 3.10. The van der Waals surface area contributed by atoms with Gasteiger partial charge >= 0.3 is 5.97 Å². The summed E-state index contributed by atoms with van der Waals surface area (Å²) >= 11 is 6.04. The largest absolute Gasteiger partial charge is 0.505 e. The fourth-order valence-electron chi connectivity index (χ4n) is 4.03. The molecule has 1 aliphatic rings. The van der Waals surface area contributed by atoms with E-state index in [0.717, 1.165) is 31.2 Å². The van der Waals surface area contributed by atoms with Crippen LogP contribution in [0.2, 0.25) is 5.02 Å². The predicted octanol–water partition coefficient (Wildman–Crippen LogP) is 4.46. The SMILES string of the molecule is CC1(c2cc(OCC(=O)O)cc(-n3nc4ccc(Cl)cc4n3)c2O)CCCCC1. The first-order chi connectivity index (χ1) is 13.9. The number of phenolic OH excluding ortho intramolecular Hbond substituents is 1. The van der Waals surface area contributed by atoms with Crippen molar-refractivity contribution >= 4 is 28.6 Å². The molecule has 0 saturated heterocycles. The van der Waals surface area contributed by atoms with Crippen molar-refractivity contribution in [3.05, 3.63) is 40.9 Å². The van der Waals surface area contributed by atoms with Gasteiger partial charge in [-0.25, -0.2) is 4.79 Å². The fraction of sp³-hybridized carbons (Fsp3) is 0.381. The van der Waals surface area contributed by atoms with Crippen molar-refractivity contribution in [3.63, 3.8) is 0 Å². The van der Waals surface area contributed by atoms with Crippen LogP contribution >= 0.6 is 11.6 Å². The molecule has 7 nitrogen and oxygen atoms in total. The average molecular weight is 416 g/mol. The summed E-state index contributed by atoms with van der Waals surface area (Å²) in [4.78, 5) is 12.3. The third-order valence-corrected chi connectivity index (χ3v) is 5.83. The molecule has 4 rings (SSSR count). The zero-order valence-corrected chi connectivity index (χ0v) is 16.8. The summed E-state index contributed by atoms with van der Waals surface area (Å²) in [5, 5.41) is 29.6. The Labute approximate surface area is 172 Å². The Morgan fingerprint density at radius 1 is 1.17 bits per heavy atom. The Morgan fingerprint density at radius 2 is 1.90 bits per heavy atom. The molecule has 2 N–H and O–H groups in total. The molecule has 0 amide bonds. The van der Waals surface area contributed by atoms with Crippen molar-refractivity contribution < 1.29 is 19.7 Å². The lowest BCUT2D eigenvalue weighted by Crippen LogP contribution is -2.25. The Kier molecular flexibility index (Phi) is 5.08. The fourth-order valence-corrected chi connectivity index (χ4v) is 4.20. The van der Waals surface area contributed by atoms with Crippen molar-refractivity contribution in [1.82, 2.24) is 15.0 Å². The highest BCUT2D eigenvalue weighted by Gasteiger charge is 2.33. The van der Waals surface area contributed by atoms with Crippen molar-refractivity contribution in [2.75, 3.05) is 6.61 Å². The molecule has 152 valence electrons. The number of nitrogens with zero attached hydrogens (tertiary/aromatic N) is 3. The second kappa shape index (κ2) is 7.55. The maximum Gasteiger partial charge on any atom is 0.341 e. The van der Waals surface area contributed by atoms with Gasteiger partial charge in [-0.1, -0.05) is 37.8 Å². The van der Waals surface area contributed by atoms with Gasteiger partial charge in [-0.3, -0.25) is 0 Å². The summed E-state index contributed by atoms with van der Waals surface area (Å²) in [6, 6.07) is 8.49. The number of rotatable bonds is 5. The van der Waals surface area contributed by atoms with Gasteiger partial charge in [0, 0.05) is 16.7 Å². The highest BCUT2D eigenvalue weighted by atomic mass is 35.5. The van der Waals surface area contributed by atoms with Gasteiger partial charge < -0.3 is 14.9 Å². The third kappa shape index (κ3) is 3.87. The van der Waals surface area contributed by atoms with Crippen molar-refractivity contribution in [2.45, 2.75) is 44.4 Å². The number of fused-ring (bicyclic) bond motifs is 1. The maximum atomic E-state index is 11.1. The number of carboxylic acids is 1. The molecular weight excluding hydrogens is 394 g/mol. The molecule has 1 heterocycles. The molecule has 1 aliphatic carbocycles. The van der Waals surface area contributed by atoms with Crippen LogP contribution in [-0.2, 0) is 10.2 Å². The lowest BCUT2D eigenvalue weighted by atomic mass is 9.70. The number of carbonyl (C=O) groups is 1. The number of aliphatic carboxylic acids is 1. The van der Waals surface area contributed by atoms with Gasteiger partial charge in [0.25, 0.3) is 0 Å². The molecule has 0 aliphatic heterocycles. The second-order valence-corrected chi connectivity index (χ2v) is 8.20. The van der Waals surface area contributed by atoms with Crippen LogP contribution in [-0.4, -0.2) is 37.8 Å². The number of benzene rings is 2. The topological polar surface area (TPSA) is 97.5 Å². The van der Waals surface area contributed by atoms with Crippen molar-refractivity contribution in [1.29, 1.82) is 0 Å². The summed E-state index contributed by atoms with van der Waals surface area (Å²) in [5.74, 6) is -0.618. The van der Waals surface area contributed by atoms with E-state index in [2.05, 4.69) is 17.1 Å². The Hall–Kier alpha value is -2.80. The van der Waals surface area contributed by atoms with Gasteiger partial charge in [-0.2, -0.15) is 0 Å². The van der Waals surface area contributed by atoms with Gasteiger partial charge in [-0.15, -0.1) is 15.0 Å². The lowest BCUT2D eigenvalue weighted by molar-refractivity contribution is -0.139. The monoisotopic (exact) mass is 415 g/mol. The molecule has 1 aromatic heterocycles. The molecule has 1 saturated carbocycles. The van der Waals surface area contributed by atoms with Crippen LogP contribution in [0.15, 0.2) is 30.3 Å². The van der Waals surface area contributed by atoms with Gasteiger partial charge in [0.2, 0.25) is 0 Å². The number of aromatic nitrogens is 3. The van der Waals surface area contributed by atoms with Crippen LogP contribution < -0.4 is 4.74 Å². The molecule has 1 fully saturated rings. The smallest absolute Gasteiger partial charge is 0.341 e. The number of hydrogen-bond donors (Lipinski definition) is 2. The highest BCUT2D eigenvalue weighted by Crippen LogP contribution is 2.46. The van der Waals surface area contributed by atoms with E-state index in [4.69, 9.17) is 21.4 Å². The van der Waals surface area contributed by atoms with Crippen molar-refractivity contribution in [3.8, 4) is 17.2 Å². The summed E-state index contributed by atoms with van der Waals surface area (Å²) in [6.07, 6.45) is 5.20. The normalized spacial score (nSPS) is 16.1. The molecule has 0 bridgehead atoms. The molecule has 2 aromatic carbocycles. The summed E-state index contributed by atoms with van der Waals surface area (Å²) in [5.41, 5.74) is 2.09. The number of ether oxygens (including phenoxy) is 1. The van der Waals surface area contributed by atoms with Crippen LogP contribution in [0, 0.1) is 0 Å². The zero-order chi connectivity index (χ0) is 20.6. The maximum absolute atomic E-state index is 11.1. The first-order valence-electron chi connectivity index (χ1n) is 9.61. The number of halogens is 1. The van der Waals surface area contributed by atoms with E-state index >= 15 is 0 Å². The second-order valence-electron chi connectivity index (χ2n) is 7.76. The molecule has 3 aromatic rings. The predicted molar refractivity (Wildman–Crippen MR) is 109 cm³/mol. The van der Waals surface area contributed by atoms with Crippen LogP contribution in [0.25, 0.3) is 16.7 Å². The molecule has 0 unspecified atom stereocenters. The van der Waals surface area contributed by atoms with E-state index < -0.39 is 12.6 Å². The first kappa shape index (κ1) is 19.5. The van der Waals surface area contributed by atoms with Gasteiger partial charge in [0.1, 0.15) is 28.2 Å². The highest BCUT2D eigenvalue weighted by molar-refractivity contribution is 6.31. The van der Waals surface area contributed by atoms with Crippen LogP contribution in [0.1, 0.15) is 44.6 Å². The van der Waals surface area contributed by atoms with Gasteiger partial charge in [-0.05, 0) is 42.5 Å². The van der Waals surface area contributed by atoms with E-state index in [1.54, 1.807) is 30.3 Å². The molecule has 29 heavy (non-hydrogen) atoms. The molecular formula is C21H22ClN3O4. The van der Waals surface area contributed by atoms with Crippen LogP contribution in [0.5, 0.6) is 11.5 Å². The van der Waals surface area contributed by atoms with E-state index in [1.807, 2.05) is 0 Å². The third-order valence-electron chi connectivity index (χ3n) is 5.59. The first-order valence-corrected chi connectivity index (χ1v) is 9.99. The quantitative estimate of drug-likeness (QED) is 0.638. The number of hydrogen-bond acceptors (Lipinski definition) is 5. The summed E-state index contributed by atoms with van der Waals surface area (Å²) in [7, 11) is 0. The lowest BCUT2D eigenvalue weighted by Gasteiger charge is -2.35. The Bertz CT molecular complexity index is 1070. The number of aromatic hydroxyl groups is 1. The summed E-state index contributed by atoms with van der Waals surface area (Å²) in [6.45, 7) is 1.66. The molecule has 8 heteroatoms. The van der Waals surface area contributed by atoms with Gasteiger partial charge in [0.15, 0.2) is 6.61 Å². The van der Waals surface area contributed by atoms with E-state index in [0.29, 0.717) is 27.5 Å². The van der Waals surface area contributed by atoms with Gasteiger partial charge in [0.05, 0.1) is 0 Å². The minimum atomic E-state index is -1.07. The standard InChI is InChI=1S/C21H22ClN3O4/c1-21(7-3-2-4-8-21)15-10-14(29-12-19(26)27)11-18(20(15)28)25-23-16-6-5-13(22)9-17(16)24-25/h5-6,9-11,28H,2-4,7-8,12H2,1H3,(H,26,27). The number of carboxylic acid groups (broad SMARTS) is 1. The zero-order valence-electron chi connectivity index (χ0n) is 16.1. The van der Waals surface area contributed by atoms with E-state index in [9.17, 15) is 9.90 Å². The van der Waals surface area contributed by atoms with Crippen LogP contribution in [0.3, 0.4) is 0 Å². The summed E-state index contributed by atoms with van der Waals surface area (Å²) < 4.78 is 5.45.